The standard InChI is InChI=1S/2C26H56N.H2O4S2/c2*1-5-9-12-15-18-21-24-27(8-4,25-22-19-16-13-10-6-2)26-23-20-17-14-11-7-3;1-5(2)6(3)4/h2*5-26H2,1-4H3;(H,1,2)(H,3,4)/q2*+1;/p-2. The Morgan fingerprint density at radius 1 is 0.250 bits per heavy atom. The molecule has 0 spiro atoms. The van der Waals surface area contributed by atoms with Crippen LogP contribution in [-0.2, 0) is 20.2 Å². The Balaban J connectivity index is -0.000000951. The van der Waals surface area contributed by atoms with E-state index in [0.717, 1.165) is 0 Å². The lowest BCUT2D eigenvalue weighted by atomic mass is 10.1. The van der Waals surface area contributed by atoms with Crippen LogP contribution in [0.5, 0.6) is 0 Å². The van der Waals surface area contributed by atoms with E-state index < -0.39 is 20.2 Å². The summed E-state index contributed by atoms with van der Waals surface area (Å²) in [5, 5.41) is 0. The molecule has 0 saturated carbocycles. The van der Waals surface area contributed by atoms with Crippen LogP contribution in [-0.4, -0.2) is 78.8 Å². The molecule has 8 heteroatoms. The van der Waals surface area contributed by atoms with Crippen LogP contribution in [0.3, 0.4) is 0 Å². The van der Waals surface area contributed by atoms with Gasteiger partial charge in [0.1, 0.15) is 0 Å². The van der Waals surface area contributed by atoms with Crippen LogP contribution in [0, 0.1) is 0 Å². The second kappa shape index (κ2) is 51.8. The highest BCUT2D eigenvalue weighted by Crippen LogP contribution is 2.20. The lowest BCUT2D eigenvalue weighted by molar-refractivity contribution is -0.927. The molecule has 0 aromatic rings. The van der Waals surface area contributed by atoms with Crippen molar-refractivity contribution in [3.63, 3.8) is 0 Å². The first-order valence-corrected chi connectivity index (χ1v) is 29.7. The Morgan fingerprint density at radius 2 is 0.383 bits per heavy atom. The minimum atomic E-state index is -2.95. The Bertz CT molecular complexity index is 712. The zero-order valence-electron chi connectivity index (χ0n) is 42.5. The lowest BCUT2D eigenvalue weighted by Crippen LogP contribution is -2.50. The summed E-state index contributed by atoms with van der Waals surface area (Å²) < 4.78 is 39.2. The number of hydrogen-bond acceptors (Lipinski definition) is 4. The monoisotopic (exact) mass is 893 g/mol. The zero-order chi connectivity index (χ0) is 45.3. The van der Waals surface area contributed by atoms with E-state index >= 15 is 0 Å². The predicted octanol–water partition coefficient (Wildman–Crippen LogP) is 16.5. The van der Waals surface area contributed by atoms with Gasteiger partial charge in [-0.25, -0.2) is 0 Å². The van der Waals surface area contributed by atoms with Crippen molar-refractivity contribution in [3.8, 4) is 0 Å². The van der Waals surface area contributed by atoms with Gasteiger partial charge in [-0.05, 0) is 90.9 Å². The Morgan fingerprint density at radius 3 is 0.500 bits per heavy atom. The summed E-state index contributed by atoms with van der Waals surface area (Å²) in [6.07, 6.45) is 51.9. The molecule has 6 nitrogen and oxygen atoms in total. The Kier molecular flexibility index (Phi) is 55.6. The third-order valence-corrected chi connectivity index (χ3v) is 14.3. The molecule has 60 heavy (non-hydrogen) atoms. The molecule has 0 aliphatic rings. The van der Waals surface area contributed by atoms with Crippen LogP contribution in [0.2, 0.25) is 0 Å². The first-order chi connectivity index (χ1) is 29.1. The highest BCUT2D eigenvalue weighted by molar-refractivity contribution is 8.56. The second-order valence-corrected chi connectivity index (χ2v) is 21.1. The molecule has 0 aromatic heterocycles. The quantitative estimate of drug-likeness (QED) is 0.0264. The molecule has 0 aliphatic heterocycles. The fourth-order valence-corrected chi connectivity index (χ4v) is 8.98. The van der Waals surface area contributed by atoms with Crippen molar-refractivity contribution in [2.24, 2.45) is 0 Å². The van der Waals surface area contributed by atoms with Gasteiger partial charge in [-0.1, -0.05) is 196 Å². The van der Waals surface area contributed by atoms with E-state index in [9.17, 15) is 0 Å². The van der Waals surface area contributed by atoms with Crippen molar-refractivity contribution < 1.29 is 26.5 Å². The van der Waals surface area contributed by atoms with E-state index in [1.54, 1.807) is 0 Å². The minimum Gasteiger partial charge on any atom is -0.763 e. The van der Waals surface area contributed by atoms with Crippen LogP contribution >= 0.6 is 0 Å². The van der Waals surface area contributed by atoms with Crippen molar-refractivity contribution in [3.05, 3.63) is 0 Å². The van der Waals surface area contributed by atoms with E-state index in [-0.39, 0.29) is 0 Å². The summed E-state index contributed by atoms with van der Waals surface area (Å²) in [5.41, 5.74) is 0. The SMILES string of the molecule is CCCCCCCC[N+](CC)(CCCCCCCC)CCCCCCCC.CCCCCCCC[N+](CC)(CCCCCCCC)CCCCCCCC.O=S([O-])S(=O)[O-]. The normalized spacial score (nSPS) is 12.8. The fourth-order valence-electron chi connectivity index (χ4n) is 8.98. The van der Waals surface area contributed by atoms with Gasteiger partial charge in [-0.15, -0.1) is 0 Å². The number of hydrogen-bond donors (Lipinski definition) is 0. The van der Waals surface area contributed by atoms with Crippen molar-refractivity contribution in [1.82, 2.24) is 0 Å². The van der Waals surface area contributed by atoms with Gasteiger partial charge >= 0.3 is 0 Å². The van der Waals surface area contributed by atoms with Crippen molar-refractivity contribution in [2.45, 2.75) is 287 Å². The van der Waals surface area contributed by atoms with Crippen LogP contribution in [0.15, 0.2) is 0 Å². The summed E-state index contributed by atoms with van der Waals surface area (Å²) in [5.74, 6) is 0. The third-order valence-electron chi connectivity index (χ3n) is 13.4. The van der Waals surface area contributed by atoms with Crippen molar-refractivity contribution >= 4 is 20.2 Å². The van der Waals surface area contributed by atoms with E-state index in [1.807, 2.05) is 0 Å². The van der Waals surface area contributed by atoms with Gasteiger partial charge in [-0.2, -0.15) is 0 Å². The van der Waals surface area contributed by atoms with Gasteiger partial charge in [0, 0.05) is 20.2 Å². The largest absolute Gasteiger partial charge is 0.763 e. The van der Waals surface area contributed by atoms with E-state index in [0.29, 0.717) is 0 Å². The molecule has 0 amide bonds. The van der Waals surface area contributed by atoms with Gasteiger partial charge in [-0.3, -0.25) is 8.42 Å². The molecule has 0 aromatic carbocycles. The van der Waals surface area contributed by atoms with Gasteiger partial charge in [0.05, 0.1) is 52.4 Å². The third kappa shape index (κ3) is 46.1. The average molecular weight is 894 g/mol. The Labute approximate surface area is 383 Å². The first-order valence-electron chi connectivity index (χ1n) is 27.0. The topological polar surface area (TPSA) is 80.3 Å². The summed E-state index contributed by atoms with van der Waals surface area (Å²) >= 11 is 0. The molecule has 0 radical (unpaired) electrons. The molecule has 0 saturated heterocycles. The highest BCUT2D eigenvalue weighted by atomic mass is 33.2. The van der Waals surface area contributed by atoms with Crippen LogP contribution < -0.4 is 0 Å². The molecule has 366 valence electrons. The average Bonchev–Trinajstić information content (AvgIpc) is 3.25. The van der Waals surface area contributed by atoms with Crippen molar-refractivity contribution in [1.29, 1.82) is 0 Å². The van der Waals surface area contributed by atoms with Gasteiger partial charge in [0.2, 0.25) is 0 Å². The molecule has 0 fully saturated rings. The van der Waals surface area contributed by atoms with E-state index in [1.165, 1.54) is 292 Å². The predicted molar refractivity (Wildman–Crippen MR) is 269 cm³/mol. The highest BCUT2D eigenvalue weighted by Gasteiger charge is 2.25. The van der Waals surface area contributed by atoms with E-state index in [4.69, 9.17) is 17.5 Å². The summed E-state index contributed by atoms with van der Waals surface area (Å²) in [7, 11) is -5.90. The molecule has 0 bridgehead atoms. The molecule has 0 N–H and O–H groups in total. The van der Waals surface area contributed by atoms with Gasteiger partial charge < -0.3 is 18.1 Å². The lowest BCUT2D eigenvalue weighted by Gasteiger charge is -2.38. The van der Waals surface area contributed by atoms with Gasteiger partial charge in [0.15, 0.2) is 0 Å². The first kappa shape index (κ1) is 64.4. The maximum Gasteiger partial charge on any atom is 0.0786 e. The summed E-state index contributed by atoms with van der Waals surface area (Å²) in [4.78, 5) is 0. The Hall–Kier alpha value is 0.140. The van der Waals surface area contributed by atoms with E-state index in [2.05, 4.69) is 55.4 Å². The van der Waals surface area contributed by atoms with Crippen LogP contribution in [0.4, 0.5) is 0 Å². The van der Waals surface area contributed by atoms with Crippen molar-refractivity contribution in [2.75, 3.05) is 52.4 Å². The molecular weight excluding hydrogens is 781 g/mol. The van der Waals surface area contributed by atoms with Crippen LogP contribution in [0.1, 0.15) is 287 Å². The maximum atomic E-state index is 9.09. The maximum absolute atomic E-state index is 9.09. The number of nitrogens with zero attached hydrogens (tertiary/aromatic N) is 2. The number of unbranched alkanes of at least 4 members (excludes halogenated alkanes) is 30. The molecule has 2 atom stereocenters. The fraction of sp³-hybridized carbons (Fsp3) is 1.00. The molecule has 0 heterocycles. The minimum absolute atomic E-state index is 1.36. The zero-order valence-corrected chi connectivity index (χ0v) is 44.1. The molecule has 0 aliphatic carbocycles. The van der Waals surface area contributed by atoms with Gasteiger partial charge in [0.25, 0.3) is 0 Å². The molecule has 2 unspecified atom stereocenters. The number of rotatable bonds is 45. The summed E-state index contributed by atoms with van der Waals surface area (Å²) in [6, 6.07) is 0. The summed E-state index contributed by atoms with van der Waals surface area (Å²) in [6.45, 7) is 30.3. The molecule has 0 rings (SSSR count). The second-order valence-electron chi connectivity index (χ2n) is 18.7. The molecular formula is C52H112N2O4S2. The van der Waals surface area contributed by atoms with Crippen LogP contribution in [0.25, 0.3) is 0 Å². The number of quaternary nitrogens is 2. The smallest absolute Gasteiger partial charge is 0.0786 e.